The lowest BCUT2D eigenvalue weighted by atomic mass is 10.2. The van der Waals surface area contributed by atoms with Gasteiger partial charge in [-0.25, -0.2) is 4.98 Å². The lowest BCUT2D eigenvalue weighted by Crippen LogP contribution is -2.14. The van der Waals surface area contributed by atoms with Gasteiger partial charge in [0.15, 0.2) is 5.82 Å². The second-order valence-corrected chi connectivity index (χ2v) is 6.57. The van der Waals surface area contributed by atoms with E-state index in [1.807, 2.05) is 62.4 Å². The summed E-state index contributed by atoms with van der Waals surface area (Å²) >= 11 is 1.29. The largest absolute Gasteiger partial charge is 0.494 e. The van der Waals surface area contributed by atoms with Crippen molar-refractivity contribution in [3.05, 3.63) is 54.1 Å². The number of anilines is 1. The lowest BCUT2D eigenvalue weighted by Gasteiger charge is -2.04. The Morgan fingerprint density at radius 2 is 2.04 bits per heavy atom. The van der Waals surface area contributed by atoms with Gasteiger partial charge in [0.25, 0.3) is 0 Å². The van der Waals surface area contributed by atoms with Crippen LogP contribution in [0.15, 0.2) is 53.7 Å². The first-order valence-corrected chi connectivity index (χ1v) is 9.27. The van der Waals surface area contributed by atoms with Gasteiger partial charge in [0.1, 0.15) is 5.75 Å². The highest BCUT2D eigenvalue weighted by molar-refractivity contribution is 7.99. The van der Waals surface area contributed by atoms with Gasteiger partial charge in [-0.1, -0.05) is 23.9 Å². The summed E-state index contributed by atoms with van der Waals surface area (Å²) in [5, 5.41) is 10.5. The Hall–Kier alpha value is -2.80. The molecular formula is C19H20N4O2S. The molecule has 1 heterocycles. The molecule has 0 bridgehead atoms. The minimum Gasteiger partial charge on any atom is -0.494 e. The molecule has 6 nitrogen and oxygen atoms in total. The van der Waals surface area contributed by atoms with E-state index in [2.05, 4.69) is 20.5 Å². The summed E-state index contributed by atoms with van der Waals surface area (Å²) in [4.78, 5) is 16.5. The maximum absolute atomic E-state index is 12.1. The predicted octanol–water partition coefficient (Wildman–Crippen LogP) is 3.91. The van der Waals surface area contributed by atoms with Gasteiger partial charge in [-0.3, -0.25) is 9.89 Å². The monoisotopic (exact) mass is 368 g/mol. The fourth-order valence-corrected chi connectivity index (χ4v) is 2.96. The molecule has 0 aliphatic heterocycles. The van der Waals surface area contributed by atoms with Crippen LogP contribution in [0.2, 0.25) is 0 Å². The molecule has 26 heavy (non-hydrogen) atoms. The zero-order valence-corrected chi connectivity index (χ0v) is 15.5. The van der Waals surface area contributed by atoms with Crippen molar-refractivity contribution < 1.29 is 9.53 Å². The molecule has 0 saturated heterocycles. The standard InChI is InChI=1S/C19H20N4O2S/c1-3-25-16-9-7-14(8-10-16)18-21-19(23-22-18)26-12-17(24)20-15-6-4-5-13(2)11-15/h4-11H,3,12H2,1-2H3,(H,20,24)(H,21,22,23). The van der Waals surface area contributed by atoms with Gasteiger partial charge in [-0.05, 0) is 55.8 Å². The van der Waals surface area contributed by atoms with Crippen molar-refractivity contribution in [1.29, 1.82) is 0 Å². The molecular weight excluding hydrogens is 348 g/mol. The van der Waals surface area contributed by atoms with Crippen molar-refractivity contribution in [2.45, 2.75) is 19.0 Å². The molecule has 0 radical (unpaired) electrons. The molecule has 0 aliphatic rings. The zero-order chi connectivity index (χ0) is 18.4. The number of aryl methyl sites for hydroxylation is 1. The third-order valence-electron chi connectivity index (χ3n) is 3.54. The van der Waals surface area contributed by atoms with Crippen molar-refractivity contribution in [2.24, 2.45) is 0 Å². The number of hydrogen-bond donors (Lipinski definition) is 2. The molecule has 2 aromatic carbocycles. The number of nitrogens with zero attached hydrogens (tertiary/aromatic N) is 2. The van der Waals surface area contributed by atoms with Crippen LogP contribution in [0.25, 0.3) is 11.4 Å². The molecule has 3 aromatic rings. The van der Waals surface area contributed by atoms with Crippen LogP contribution in [0.1, 0.15) is 12.5 Å². The maximum Gasteiger partial charge on any atom is 0.234 e. The number of ether oxygens (including phenoxy) is 1. The molecule has 3 rings (SSSR count). The topological polar surface area (TPSA) is 79.9 Å². The van der Waals surface area contributed by atoms with Gasteiger partial charge >= 0.3 is 0 Å². The molecule has 0 atom stereocenters. The van der Waals surface area contributed by atoms with Crippen LogP contribution in [-0.4, -0.2) is 33.4 Å². The highest BCUT2D eigenvalue weighted by atomic mass is 32.2. The van der Waals surface area contributed by atoms with Crippen molar-refractivity contribution in [1.82, 2.24) is 15.2 Å². The van der Waals surface area contributed by atoms with Gasteiger partial charge in [0.2, 0.25) is 11.1 Å². The lowest BCUT2D eigenvalue weighted by molar-refractivity contribution is -0.113. The number of rotatable bonds is 7. The third-order valence-corrected chi connectivity index (χ3v) is 4.39. The summed E-state index contributed by atoms with van der Waals surface area (Å²) in [6, 6.07) is 15.3. The molecule has 2 N–H and O–H groups in total. The first-order valence-electron chi connectivity index (χ1n) is 8.29. The van der Waals surface area contributed by atoms with Crippen LogP contribution >= 0.6 is 11.8 Å². The number of hydrogen-bond acceptors (Lipinski definition) is 5. The number of thioether (sulfide) groups is 1. The Morgan fingerprint density at radius 3 is 2.77 bits per heavy atom. The molecule has 0 fully saturated rings. The normalized spacial score (nSPS) is 10.5. The Morgan fingerprint density at radius 1 is 1.23 bits per heavy atom. The third kappa shape index (κ3) is 4.86. The van der Waals surface area contributed by atoms with Crippen molar-refractivity contribution >= 4 is 23.4 Å². The predicted molar refractivity (Wildman–Crippen MR) is 104 cm³/mol. The second kappa shape index (κ2) is 8.53. The Balaban J connectivity index is 1.55. The summed E-state index contributed by atoms with van der Waals surface area (Å²) in [5.74, 6) is 1.63. The van der Waals surface area contributed by atoms with E-state index in [0.29, 0.717) is 17.6 Å². The van der Waals surface area contributed by atoms with Crippen LogP contribution in [-0.2, 0) is 4.79 Å². The molecule has 134 valence electrons. The number of aromatic nitrogens is 3. The van der Waals surface area contributed by atoms with E-state index in [1.54, 1.807) is 0 Å². The smallest absolute Gasteiger partial charge is 0.234 e. The van der Waals surface area contributed by atoms with Crippen LogP contribution in [0.5, 0.6) is 5.75 Å². The van der Waals surface area contributed by atoms with E-state index in [-0.39, 0.29) is 11.7 Å². The highest BCUT2D eigenvalue weighted by Crippen LogP contribution is 2.22. The summed E-state index contributed by atoms with van der Waals surface area (Å²) < 4.78 is 5.43. The number of carbonyl (C=O) groups excluding carboxylic acids is 1. The van der Waals surface area contributed by atoms with Gasteiger partial charge < -0.3 is 10.1 Å². The second-order valence-electron chi connectivity index (χ2n) is 5.63. The molecule has 1 aromatic heterocycles. The van der Waals surface area contributed by atoms with E-state index in [9.17, 15) is 4.79 Å². The van der Waals surface area contributed by atoms with E-state index in [0.717, 1.165) is 22.6 Å². The first kappa shape index (κ1) is 18.0. The summed E-state index contributed by atoms with van der Waals surface area (Å²) in [6.07, 6.45) is 0. The molecule has 0 spiro atoms. The average Bonchev–Trinajstić information content (AvgIpc) is 3.10. The fraction of sp³-hybridized carbons (Fsp3) is 0.211. The highest BCUT2D eigenvalue weighted by Gasteiger charge is 2.09. The number of amides is 1. The summed E-state index contributed by atoms with van der Waals surface area (Å²) in [7, 11) is 0. The van der Waals surface area contributed by atoms with Gasteiger partial charge in [0.05, 0.1) is 12.4 Å². The number of nitrogens with one attached hydrogen (secondary N) is 2. The Bertz CT molecular complexity index is 877. The fourth-order valence-electron chi connectivity index (χ4n) is 2.37. The average molecular weight is 368 g/mol. The van der Waals surface area contributed by atoms with Crippen molar-refractivity contribution in [3.8, 4) is 17.1 Å². The van der Waals surface area contributed by atoms with E-state index >= 15 is 0 Å². The van der Waals surface area contributed by atoms with Crippen molar-refractivity contribution in [3.63, 3.8) is 0 Å². The molecule has 7 heteroatoms. The Kier molecular flexibility index (Phi) is 5.91. The minimum absolute atomic E-state index is 0.0898. The quantitative estimate of drug-likeness (QED) is 0.618. The van der Waals surface area contributed by atoms with Crippen LogP contribution < -0.4 is 10.1 Å². The van der Waals surface area contributed by atoms with Crippen LogP contribution in [0.3, 0.4) is 0 Å². The zero-order valence-electron chi connectivity index (χ0n) is 14.7. The molecule has 1 amide bonds. The van der Waals surface area contributed by atoms with E-state index in [1.165, 1.54) is 11.8 Å². The molecule has 0 unspecified atom stereocenters. The maximum atomic E-state index is 12.1. The van der Waals surface area contributed by atoms with Gasteiger partial charge in [0, 0.05) is 11.3 Å². The number of H-pyrrole nitrogens is 1. The first-order chi connectivity index (χ1) is 12.6. The summed E-state index contributed by atoms with van der Waals surface area (Å²) in [6.45, 7) is 4.57. The van der Waals surface area contributed by atoms with Crippen LogP contribution in [0.4, 0.5) is 5.69 Å². The van der Waals surface area contributed by atoms with Gasteiger partial charge in [-0.15, -0.1) is 5.10 Å². The van der Waals surface area contributed by atoms with Crippen molar-refractivity contribution in [2.75, 3.05) is 17.7 Å². The van der Waals surface area contributed by atoms with Crippen LogP contribution in [0, 0.1) is 6.92 Å². The van der Waals surface area contributed by atoms with Gasteiger partial charge in [-0.2, -0.15) is 0 Å². The SMILES string of the molecule is CCOc1ccc(-c2nc(SCC(=O)Nc3cccc(C)c3)n[nH]2)cc1. The number of aromatic amines is 1. The van der Waals surface area contributed by atoms with E-state index in [4.69, 9.17) is 4.74 Å². The molecule has 0 aliphatic carbocycles. The van der Waals surface area contributed by atoms with E-state index < -0.39 is 0 Å². The number of benzene rings is 2. The number of carbonyl (C=O) groups is 1. The minimum atomic E-state index is -0.0898. The summed E-state index contributed by atoms with van der Waals surface area (Å²) in [5.41, 5.74) is 2.81. The molecule has 0 saturated carbocycles. The Labute approximate surface area is 156 Å².